The quantitative estimate of drug-likeness (QED) is 0.183. The van der Waals surface area contributed by atoms with Crippen LogP contribution in [0.1, 0.15) is 58.3 Å². The normalized spacial score (nSPS) is 18.1. The van der Waals surface area contributed by atoms with E-state index in [1.165, 1.54) is 75.5 Å². The van der Waals surface area contributed by atoms with E-state index in [1.807, 2.05) is 0 Å². The predicted molar refractivity (Wildman–Crippen MR) is 107 cm³/mol. The summed E-state index contributed by atoms with van der Waals surface area (Å²) < 4.78 is 162. The van der Waals surface area contributed by atoms with Gasteiger partial charge in [-0.05, 0) is 32.1 Å². The molecule has 1 saturated heterocycles. The molecule has 1 aliphatic heterocycles. The lowest BCUT2D eigenvalue weighted by Crippen LogP contribution is -2.48. The van der Waals surface area contributed by atoms with Crippen molar-refractivity contribution in [1.82, 2.24) is 0 Å². The summed E-state index contributed by atoms with van der Waals surface area (Å²) in [6.45, 7) is 6.60. The van der Waals surface area contributed by atoms with Crippen molar-refractivity contribution < 1.29 is 65.2 Å². The van der Waals surface area contributed by atoms with Crippen LogP contribution in [0.5, 0.6) is 0 Å². The Morgan fingerprint density at radius 1 is 0.657 bits per heavy atom. The van der Waals surface area contributed by atoms with Crippen LogP contribution >= 0.6 is 0 Å². The first-order chi connectivity index (χ1) is 15.5. The standard InChI is InChI=1S/C13H28N.C4F10NO4S2/c1-3-4-5-6-8-11-14(2)12-9-7-10-13-14;5-1(6,7)3(11,12)20(16,17)15-21(18,19)4(13,14)2(8,9)10/h3-13H2,1-2H3;/q+1;-1. The summed E-state index contributed by atoms with van der Waals surface area (Å²) in [4.78, 5) is 0. The molecular weight excluding hydrogens is 550 g/mol. The second-order valence-corrected chi connectivity index (χ2v) is 11.8. The van der Waals surface area contributed by atoms with Crippen LogP contribution in [-0.4, -0.2) is 70.9 Å². The third-order valence-corrected chi connectivity index (χ3v) is 8.53. The van der Waals surface area contributed by atoms with Crippen molar-refractivity contribution in [3.05, 3.63) is 4.13 Å². The van der Waals surface area contributed by atoms with Gasteiger partial charge in [-0.25, -0.2) is 16.8 Å². The Balaban J connectivity index is 0.000000712. The first-order valence-corrected chi connectivity index (χ1v) is 13.3. The number of hydrogen-bond acceptors (Lipinski definition) is 4. The fourth-order valence-corrected chi connectivity index (χ4v) is 5.48. The Morgan fingerprint density at radius 2 is 1.03 bits per heavy atom. The summed E-state index contributed by atoms with van der Waals surface area (Å²) in [5.41, 5.74) is 0. The van der Waals surface area contributed by atoms with E-state index in [0.29, 0.717) is 4.13 Å². The molecule has 0 radical (unpaired) electrons. The topological polar surface area (TPSA) is 82.4 Å². The fourth-order valence-electron chi connectivity index (χ4n) is 3.11. The van der Waals surface area contributed by atoms with Crippen molar-refractivity contribution in [3.63, 3.8) is 0 Å². The van der Waals surface area contributed by atoms with Gasteiger partial charge < -0.3 is 8.61 Å². The van der Waals surface area contributed by atoms with Crippen molar-refractivity contribution in [1.29, 1.82) is 0 Å². The van der Waals surface area contributed by atoms with Gasteiger partial charge in [0.05, 0.1) is 26.7 Å². The number of likely N-dealkylation sites (tertiary alicyclic amines) is 1. The summed E-state index contributed by atoms with van der Waals surface area (Å²) in [6.07, 6.45) is -2.43. The van der Waals surface area contributed by atoms with E-state index in [4.69, 9.17) is 0 Å². The van der Waals surface area contributed by atoms with Crippen LogP contribution in [0.3, 0.4) is 0 Å². The smallest absolute Gasteiger partial charge is 0.425 e. The molecule has 0 amide bonds. The van der Waals surface area contributed by atoms with Gasteiger partial charge in [-0.1, -0.05) is 26.2 Å². The molecule has 35 heavy (non-hydrogen) atoms. The molecule has 0 aromatic carbocycles. The molecule has 0 aromatic rings. The molecule has 0 N–H and O–H groups in total. The zero-order chi connectivity index (χ0) is 28.0. The number of sulfonamides is 2. The molecule has 0 unspecified atom stereocenters. The monoisotopic (exact) mass is 578 g/mol. The minimum Gasteiger partial charge on any atom is -0.425 e. The van der Waals surface area contributed by atoms with Gasteiger partial charge in [-0.2, -0.15) is 43.9 Å². The molecule has 18 heteroatoms. The number of quaternary nitrogens is 1. The molecule has 0 bridgehead atoms. The predicted octanol–water partition coefficient (Wildman–Crippen LogP) is 5.92. The van der Waals surface area contributed by atoms with Gasteiger partial charge in [0.15, 0.2) is 20.0 Å². The number of unbranched alkanes of at least 4 members (excludes halogenated alkanes) is 4. The maximum Gasteiger partial charge on any atom is 0.467 e. The molecule has 0 atom stereocenters. The summed E-state index contributed by atoms with van der Waals surface area (Å²) >= 11 is 0. The number of piperidine rings is 1. The van der Waals surface area contributed by atoms with Crippen LogP contribution in [0.4, 0.5) is 43.9 Å². The maximum atomic E-state index is 12.3. The van der Waals surface area contributed by atoms with E-state index in [2.05, 4.69) is 14.0 Å². The van der Waals surface area contributed by atoms with Crippen molar-refractivity contribution >= 4 is 20.0 Å². The number of nitrogens with zero attached hydrogens (tertiary/aromatic N) is 2. The van der Waals surface area contributed by atoms with Crippen LogP contribution in [0.2, 0.25) is 0 Å². The van der Waals surface area contributed by atoms with Gasteiger partial charge in [0.1, 0.15) is 0 Å². The van der Waals surface area contributed by atoms with E-state index in [-0.39, 0.29) is 0 Å². The maximum absolute atomic E-state index is 12.3. The van der Waals surface area contributed by atoms with E-state index < -0.39 is 42.9 Å². The highest BCUT2D eigenvalue weighted by Gasteiger charge is 2.68. The molecule has 6 nitrogen and oxygen atoms in total. The highest BCUT2D eigenvalue weighted by atomic mass is 32.3. The average Bonchev–Trinajstić information content (AvgIpc) is 2.66. The molecule has 0 saturated carbocycles. The molecule has 0 aromatic heterocycles. The molecule has 1 aliphatic rings. The van der Waals surface area contributed by atoms with E-state index in [9.17, 15) is 60.7 Å². The van der Waals surface area contributed by atoms with E-state index in [0.717, 1.165) is 0 Å². The summed E-state index contributed by atoms with van der Waals surface area (Å²) in [7, 11) is -12.8. The van der Waals surface area contributed by atoms with Gasteiger partial charge in [-0.3, -0.25) is 0 Å². The molecular formula is C17H28F10N2O4S2. The minimum atomic E-state index is -7.62. The largest absolute Gasteiger partial charge is 0.467 e. The third kappa shape index (κ3) is 9.18. The zero-order valence-electron chi connectivity index (χ0n) is 18.9. The van der Waals surface area contributed by atoms with Crippen molar-refractivity contribution in [2.75, 3.05) is 26.7 Å². The Bertz CT molecular complexity index is 812. The Kier molecular flexibility index (Phi) is 11.8. The summed E-state index contributed by atoms with van der Waals surface area (Å²) in [5.74, 6) is 0. The lowest BCUT2D eigenvalue weighted by Gasteiger charge is -2.37. The second kappa shape index (κ2) is 12.1. The fraction of sp³-hybridized carbons (Fsp3) is 1.00. The van der Waals surface area contributed by atoms with Gasteiger partial charge in [0.2, 0.25) is 0 Å². The van der Waals surface area contributed by atoms with Crippen molar-refractivity contribution in [2.45, 2.75) is 81.2 Å². The number of rotatable bonds is 10. The second-order valence-electron chi connectivity index (χ2n) is 8.32. The molecule has 1 heterocycles. The average molecular weight is 579 g/mol. The Hall–Kier alpha value is -0.880. The summed E-state index contributed by atoms with van der Waals surface area (Å²) in [5, 5.41) is -14.0. The van der Waals surface area contributed by atoms with Gasteiger partial charge in [0, 0.05) is 0 Å². The van der Waals surface area contributed by atoms with Gasteiger partial charge in [-0.15, -0.1) is 0 Å². The van der Waals surface area contributed by atoms with Crippen LogP contribution in [0.15, 0.2) is 0 Å². The molecule has 1 fully saturated rings. The van der Waals surface area contributed by atoms with Crippen LogP contribution in [0.25, 0.3) is 4.13 Å². The Labute approximate surface area is 197 Å². The minimum absolute atomic E-state index is 0.422. The molecule has 0 aliphatic carbocycles. The lowest BCUT2D eigenvalue weighted by molar-refractivity contribution is -0.914. The number of hydrogen-bond donors (Lipinski definition) is 0. The van der Waals surface area contributed by atoms with Crippen LogP contribution in [-0.2, 0) is 20.0 Å². The molecule has 0 spiro atoms. The number of halogens is 10. The zero-order valence-corrected chi connectivity index (χ0v) is 20.5. The number of alkyl halides is 10. The van der Waals surface area contributed by atoms with Crippen LogP contribution in [0, 0.1) is 0 Å². The highest BCUT2D eigenvalue weighted by molar-refractivity contribution is 8.13. The van der Waals surface area contributed by atoms with Crippen molar-refractivity contribution in [2.24, 2.45) is 0 Å². The summed E-state index contributed by atoms with van der Waals surface area (Å²) in [6, 6.07) is 0. The highest BCUT2D eigenvalue weighted by Crippen LogP contribution is 2.47. The van der Waals surface area contributed by atoms with E-state index >= 15 is 0 Å². The Morgan fingerprint density at radius 3 is 1.37 bits per heavy atom. The SMILES string of the molecule is CCCCCCC[N+]1(C)CCCCC1.O=S(=O)([N-]S(=O)(=O)C(F)(F)C(F)(F)F)C(F)(F)C(F)(F)F. The van der Waals surface area contributed by atoms with Gasteiger partial charge >= 0.3 is 22.9 Å². The first-order valence-electron chi connectivity index (χ1n) is 10.4. The third-order valence-electron chi connectivity index (χ3n) is 5.20. The van der Waals surface area contributed by atoms with Crippen LogP contribution < -0.4 is 0 Å². The first kappa shape index (κ1) is 34.1. The lowest BCUT2D eigenvalue weighted by atomic mass is 10.1. The van der Waals surface area contributed by atoms with Crippen molar-refractivity contribution in [3.8, 4) is 0 Å². The van der Waals surface area contributed by atoms with E-state index in [1.54, 1.807) is 0 Å². The molecule has 212 valence electrons. The molecule has 1 rings (SSSR count). The van der Waals surface area contributed by atoms with Gasteiger partial charge in [0.25, 0.3) is 0 Å².